The van der Waals surface area contributed by atoms with Crippen LogP contribution in [0.15, 0.2) is 18.6 Å². The van der Waals surface area contributed by atoms with Crippen LogP contribution in [-0.4, -0.2) is 74.9 Å². The Balaban J connectivity index is 1.52. The summed E-state index contributed by atoms with van der Waals surface area (Å²) in [6.45, 7) is 9.41. The maximum atomic E-state index is 12.7. The number of ether oxygens (including phenoxy) is 1. The lowest BCUT2D eigenvalue weighted by Crippen LogP contribution is -2.49. The van der Waals surface area contributed by atoms with E-state index in [9.17, 15) is 4.79 Å². The molecule has 0 unspecified atom stereocenters. The standard InChI is InChI=1S/C18H28N6O2/c1-14(2)16-19-5-6-23(16)10-7-22-8-11-24(12-9-22)18(25)15-13-21(3)20-17(15)26-4/h5-6,13-14H,7-12H2,1-4H3. The number of carbonyl (C=O) groups excluding carboxylic acids is 1. The third-order valence-electron chi connectivity index (χ3n) is 4.80. The fourth-order valence-corrected chi connectivity index (χ4v) is 3.37. The summed E-state index contributed by atoms with van der Waals surface area (Å²) in [5, 5.41) is 4.17. The van der Waals surface area contributed by atoms with Gasteiger partial charge in [0, 0.05) is 70.8 Å². The average Bonchev–Trinajstić information content (AvgIpc) is 3.26. The first kappa shape index (κ1) is 18.4. The molecule has 0 aliphatic carbocycles. The van der Waals surface area contributed by atoms with Crippen molar-refractivity contribution in [3.05, 3.63) is 30.0 Å². The minimum Gasteiger partial charge on any atom is -0.479 e. The fourth-order valence-electron chi connectivity index (χ4n) is 3.37. The quantitative estimate of drug-likeness (QED) is 0.774. The Kier molecular flexibility index (Phi) is 5.61. The first-order valence-corrected chi connectivity index (χ1v) is 9.10. The van der Waals surface area contributed by atoms with E-state index in [-0.39, 0.29) is 5.91 Å². The summed E-state index contributed by atoms with van der Waals surface area (Å²) in [6, 6.07) is 0. The Labute approximate surface area is 154 Å². The largest absolute Gasteiger partial charge is 0.479 e. The van der Waals surface area contributed by atoms with E-state index < -0.39 is 0 Å². The summed E-state index contributed by atoms with van der Waals surface area (Å²) in [5.41, 5.74) is 0.531. The molecule has 1 amide bonds. The number of aromatic nitrogens is 4. The van der Waals surface area contributed by atoms with Crippen LogP contribution in [0.25, 0.3) is 0 Å². The first-order valence-electron chi connectivity index (χ1n) is 9.10. The Hall–Kier alpha value is -2.35. The van der Waals surface area contributed by atoms with Crippen molar-refractivity contribution < 1.29 is 9.53 Å². The highest BCUT2D eigenvalue weighted by molar-refractivity contribution is 5.96. The first-order chi connectivity index (χ1) is 12.5. The van der Waals surface area contributed by atoms with Gasteiger partial charge in [-0.1, -0.05) is 13.8 Å². The maximum Gasteiger partial charge on any atom is 0.261 e. The smallest absolute Gasteiger partial charge is 0.261 e. The molecule has 0 bridgehead atoms. The van der Waals surface area contributed by atoms with Gasteiger partial charge in [0.1, 0.15) is 11.4 Å². The van der Waals surface area contributed by atoms with Crippen molar-refractivity contribution in [3.63, 3.8) is 0 Å². The Bertz CT molecular complexity index is 743. The highest BCUT2D eigenvalue weighted by Gasteiger charge is 2.26. The zero-order chi connectivity index (χ0) is 18.7. The van der Waals surface area contributed by atoms with Gasteiger partial charge in [-0.15, -0.1) is 5.10 Å². The molecule has 8 nitrogen and oxygen atoms in total. The third-order valence-corrected chi connectivity index (χ3v) is 4.80. The van der Waals surface area contributed by atoms with Crippen molar-refractivity contribution in [2.75, 3.05) is 39.8 Å². The molecule has 0 aromatic carbocycles. The maximum absolute atomic E-state index is 12.7. The van der Waals surface area contributed by atoms with Crippen LogP contribution in [0.4, 0.5) is 0 Å². The van der Waals surface area contributed by atoms with Crippen LogP contribution in [0.2, 0.25) is 0 Å². The van der Waals surface area contributed by atoms with E-state index in [1.807, 2.05) is 17.3 Å². The van der Waals surface area contributed by atoms with Crippen molar-refractivity contribution >= 4 is 5.91 Å². The molecular formula is C18H28N6O2. The molecule has 1 fully saturated rings. The SMILES string of the molecule is COc1nn(C)cc1C(=O)N1CCN(CCn2ccnc2C(C)C)CC1. The van der Waals surface area contributed by atoms with Gasteiger partial charge < -0.3 is 14.2 Å². The minimum absolute atomic E-state index is 0.00805. The van der Waals surface area contributed by atoms with E-state index in [0.29, 0.717) is 17.4 Å². The molecule has 26 heavy (non-hydrogen) atoms. The van der Waals surface area contributed by atoms with Crippen LogP contribution in [0.3, 0.4) is 0 Å². The second-order valence-electron chi connectivity index (χ2n) is 6.99. The van der Waals surface area contributed by atoms with Crippen LogP contribution in [0.5, 0.6) is 5.88 Å². The second-order valence-corrected chi connectivity index (χ2v) is 6.99. The zero-order valence-electron chi connectivity index (χ0n) is 16.1. The summed E-state index contributed by atoms with van der Waals surface area (Å²) >= 11 is 0. The molecule has 3 rings (SSSR count). The van der Waals surface area contributed by atoms with Gasteiger partial charge in [-0.25, -0.2) is 4.98 Å². The van der Waals surface area contributed by atoms with Crippen molar-refractivity contribution in [3.8, 4) is 5.88 Å². The molecule has 8 heteroatoms. The topological polar surface area (TPSA) is 68.4 Å². The predicted molar refractivity (Wildman–Crippen MR) is 98.4 cm³/mol. The molecule has 0 saturated carbocycles. The van der Waals surface area contributed by atoms with Gasteiger partial charge in [0.25, 0.3) is 5.91 Å². The van der Waals surface area contributed by atoms with E-state index in [0.717, 1.165) is 45.1 Å². The number of amides is 1. The van der Waals surface area contributed by atoms with Crippen LogP contribution < -0.4 is 4.74 Å². The van der Waals surface area contributed by atoms with E-state index in [4.69, 9.17) is 4.74 Å². The summed E-state index contributed by atoms with van der Waals surface area (Å²) in [4.78, 5) is 21.4. The van der Waals surface area contributed by atoms with E-state index >= 15 is 0 Å². The molecule has 0 N–H and O–H groups in total. The lowest BCUT2D eigenvalue weighted by Gasteiger charge is -2.34. The van der Waals surface area contributed by atoms with Crippen LogP contribution in [0.1, 0.15) is 35.9 Å². The normalized spacial score (nSPS) is 15.7. The van der Waals surface area contributed by atoms with E-state index in [1.165, 1.54) is 0 Å². The van der Waals surface area contributed by atoms with Gasteiger partial charge in [-0.3, -0.25) is 14.4 Å². The Morgan fingerprint density at radius 3 is 2.62 bits per heavy atom. The molecule has 3 heterocycles. The van der Waals surface area contributed by atoms with E-state index in [1.54, 1.807) is 25.0 Å². The Morgan fingerprint density at radius 1 is 1.23 bits per heavy atom. The van der Waals surface area contributed by atoms with Crippen LogP contribution in [-0.2, 0) is 13.6 Å². The third kappa shape index (κ3) is 3.90. The number of piperazine rings is 1. The molecule has 1 aliphatic heterocycles. The number of rotatable bonds is 6. The predicted octanol–water partition coefficient (Wildman–Crippen LogP) is 1.21. The highest BCUT2D eigenvalue weighted by Crippen LogP contribution is 2.18. The second kappa shape index (κ2) is 7.90. The molecule has 2 aromatic heterocycles. The van der Waals surface area contributed by atoms with Crippen LogP contribution in [0, 0.1) is 0 Å². The number of carbonyl (C=O) groups is 1. The van der Waals surface area contributed by atoms with Gasteiger partial charge >= 0.3 is 0 Å². The van der Waals surface area contributed by atoms with Gasteiger partial charge in [-0.05, 0) is 0 Å². The van der Waals surface area contributed by atoms with Crippen molar-refractivity contribution in [2.45, 2.75) is 26.3 Å². The molecule has 2 aromatic rings. The average molecular weight is 360 g/mol. The lowest BCUT2D eigenvalue weighted by molar-refractivity contribution is 0.0629. The fraction of sp³-hybridized carbons (Fsp3) is 0.611. The Morgan fingerprint density at radius 2 is 1.96 bits per heavy atom. The highest BCUT2D eigenvalue weighted by atomic mass is 16.5. The van der Waals surface area contributed by atoms with Gasteiger partial charge in [0.05, 0.1) is 7.11 Å². The summed E-state index contributed by atoms with van der Waals surface area (Å²) in [6.07, 6.45) is 5.64. The van der Waals surface area contributed by atoms with Crippen LogP contribution >= 0.6 is 0 Å². The molecule has 1 aliphatic rings. The number of imidazole rings is 1. The van der Waals surface area contributed by atoms with Gasteiger partial charge in [0.15, 0.2) is 0 Å². The number of nitrogens with zero attached hydrogens (tertiary/aromatic N) is 6. The molecule has 0 spiro atoms. The zero-order valence-corrected chi connectivity index (χ0v) is 16.1. The summed E-state index contributed by atoms with van der Waals surface area (Å²) < 4.78 is 9.05. The summed E-state index contributed by atoms with van der Waals surface area (Å²) in [7, 11) is 3.33. The minimum atomic E-state index is -0.00805. The molecule has 0 atom stereocenters. The monoisotopic (exact) mass is 360 g/mol. The van der Waals surface area contributed by atoms with Crippen molar-refractivity contribution in [1.29, 1.82) is 0 Å². The lowest BCUT2D eigenvalue weighted by atomic mass is 10.2. The number of hydrogen-bond acceptors (Lipinski definition) is 5. The van der Waals surface area contributed by atoms with Gasteiger partial charge in [-0.2, -0.15) is 0 Å². The van der Waals surface area contributed by atoms with E-state index in [2.05, 4.69) is 33.4 Å². The molecule has 0 radical (unpaired) electrons. The number of hydrogen-bond donors (Lipinski definition) is 0. The van der Waals surface area contributed by atoms with Crippen molar-refractivity contribution in [1.82, 2.24) is 29.1 Å². The summed E-state index contributed by atoms with van der Waals surface area (Å²) in [5.74, 6) is 1.93. The van der Waals surface area contributed by atoms with Gasteiger partial charge in [0.2, 0.25) is 5.88 Å². The number of methoxy groups -OCH3 is 1. The molecule has 1 saturated heterocycles. The molecular weight excluding hydrogens is 332 g/mol. The van der Waals surface area contributed by atoms with Crippen molar-refractivity contribution in [2.24, 2.45) is 7.05 Å². The molecule has 142 valence electrons. The number of aryl methyl sites for hydroxylation is 1.